The van der Waals surface area contributed by atoms with Gasteiger partial charge in [-0.15, -0.1) is 0 Å². The first-order chi connectivity index (χ1) is 11.6. The third-order valence-corrected chi connectivity index (χ3v) is 4.55. The molecule has 1 atom stereocenters. The van der Waals surface area contributed by atoms with Gasteiger partial charge in [-0.2, -0.15) is 0 Å². The number of amides is 2. The minimum absolute atomic E-state index is 0.164. The van der Waals surface area contributed by atoms with Crippen molar-refractivity contribution in [2.24, 2.45) is 5.92 Å². The quantitative estimate of drug-likeness (QED) is 0.815. The third kappa shape index (κ3) is 3.43. The second-order valence-corrected chi connectivity index (χ2v) is 6.44. The molecule has 24 heavy (non-hydrogen) atoms. The van der Waals surface area contributed by atoms with Crippen molar-refractivity contribution in [3.63, 3.8) is 0 Å². The number of carbonyl (C=O) groups excluding carboxylic acids is 2. The van der Waals surface area contributed by atoms with Crippen LogP contribution in [0, 0.1) is 5.92 Å². The Kier molecular flexibility index (Phi) is 4.85. The van der Waals surface area contributed by atoms with Crippen molar-refractivity contribution in [3.8, 4) is 5.75 Å². The van der Waals surface area contributed by atoms with E-state index in [0.717, 1.165) is 10.2 Å². The van der Waals surface area contributed by atoms with Gasteiger partial charge in [0.1, 0.15) is 11.7 Å². The molecule has 124 valence electrons. The molecule has 1 aliphatic heterocycles. The normalized spacial score (nSPS) is 17.0. The van der Waals surface area contributed by atoms with Crippen LogP contribution in [0.15, 0.2) is 53.0 Å². The van der Waals surface area contributed by atoms with Gasteiger partial charge in [0.15, 0.2) is 0 Å². The number of anilines is 2. The number of hydrogen-bond donors (Lipinski definition) is 1. The highest BCUT2D eigenvalue weighted by Gasteiger charge is 2.37. The van der Waals surface area contributed by atoms with E-state index < -0.39 is 5.92 Å². The summed E-state index contributed by atoms with van der Waals surface area (Å²) in [4.78, 5) is 26.6. The Bertz CT molecular complexity index is 744. The van der Waals surface area contributed by atoms with E-state index in [4.69, 9.17) is 4.74 Å². The van der Waals surface area contributed by atoms with E-state index in [9.17, 15) is 9.59 Å². The first-order valence-corrected chi connectivity index (χ1v) is 8.39. The van der Waals surface area contributed by atoms with Crippen molar-refractivity contribution in [2.45, 2.75) is 6.42 Å². The van der Waals surface area contributed by atoms with Crippen LogP contribution in [0.2, 0.25) is 0 Å². The number of hydrogen-bond acceptors (Lipinski definition) is 3. The average molecular weight is 389 g/mol. The predicted octanol–water partition coefficient (Wildman–Crippen LogP) is 3.45. The zero-order valence-electron chi connectivity index (χ0n) is 13.2. The van der Waals surface area contributed by atoms with Crippen LogP contribution in [-0.4, -0.2) is 25.5 Å². The number of nitrogens with zero attached hydrogens (tertiary/aromatic N) is 1. The highest BCUT2D eigenvalue weighted by molar-refractivity contribution is 9.10. The maximum Gasteiger partial charge on any atom is 0.239 e. The Morgan fingerprint density at radius 3 is 2.46 bits per heavy atom. The van der Waals surface area contributed by atoms with Crippen LogP contribution in [-0.2, 0) is 9.59 Å². The molecule has 1 N–H and O–H groups in total. The molecule has 2 amide bonds. The molecule has 0 saturated carbocycles. The fraction of sp³-hybridized carbons (Fsp3) is 0.222. The number of nitrogens with one attached hydrogen (secondary N) is 1. The van der Waals surface area contributed by atoms with E-state index in [1.165, 1.54) is 0 Å². The Morgan fingerprint density at radius 1 is 1.17 bits per heavy atom. The van der Waals surface area contributed by atoms with Crippen LogP contribution >= 0.6 is 15.9 Å². The van der Waals surface area contributed by atoms with Gasteiger partial charge in [-0.1, -0.05) is 15.9 Å². The molecule has 1 fully saturated rings. The fourth-order valence-corrected chi connectivity index (χ4v) is 2.97. The molecular formula is C18H17BrN2O3. The van der Waals surface area contributed by atoms with Gasteiger partial charge in [-0.3, -0.25) is 9.59 Å². The zero-order valence-corrected chi connectivity index (χ0v) is 14.7. The average Bonchev–Trinajstić information content (AvgIpc) is 2.98. The zero-order chi connectivity index (χ0) is 17.1. The van der Waals surface area contributed by atoms with E-state index in [2.05, 4.69) is 21.2 Å². The predicted molar refractivity (Wildman–Crippen MR) is 96.2 cm³/mol. The largest absolute Gasteiger partial charge is 0.497 e. The van der Waals surface area contributed by atoms with Crippen molar-refractivity contribution >= 4 is 39.1 Å². The maximum absolute atomic E-state index is 12.6. The summed E-state index contributed by atoms with van der Waals surface area (Å²) in [6, 6.07) is 14.5. The molecule has 1 aliphatic rings. The number of ether oxygens (including phenoxy) is 1. The van der Waals surface area contributed by atoms with Crippen LogP contribution in [0.3, 0.4) is 0 Å². The number of halogens is 1. The summed E-state index contributed by atoms with van der Waals surface area (Å²) in [6.07, 6.45) is 0.511. The summed E-state index contributed by atoms with van der Waals surface area (Å²) < 4.78 is 6.04. The Labute approximate surface area is 148 Å². The molecule has 5 nitrogen and oxygen atoms in total. The van der Waals surface area contributed by atoms with Crippen molar-refractivity contribution in [1.82, 2.24) is 0 Å². The molecule has 0 radical (unpaired) electrons. The Morgan fingerprint density at radius 2 is 1.83 bits per heavy atom. The summed E-state index contributed by atoms with van der Waals surface area (Å²) in [6.45, 7) is 0.543. The standard InChI is InChI=1S/C18H17BrN2O3/c1-24-15-8-4-13(5-9-15)20-17(22)16-10-11-21(18(16)23)14-6-2-12(19)3-7-14/h2-9,16H,10-11H2,1H3,(H,20,22). The molecule has 2 aromatic rings. The smallest absolute Gasteiger partial charge is 0.239 e. The van der Waals surface area contributed by atoms with Gasteiger partial charge in [0.2, 0.25) is 11.8 Å². The molecule has 0 bridgehead atoms. The lowest BCUT2D eigenvalue weighted by molar-refractivity contribution is -0.129. The first-order valence-electron chi connectivity index (χ1n) is 7.60. The monoisotopic (exact) mass is 388 g/mol. The van der Waals surface area contributed by atoms with Crippen molar-refractivity contribution < 1.29 is 14.3 Å². The minimum atomic E-state index is -0.657. The van der Waals surface area contributed by atoms with E-state index in [0.29, 0.717) is 24.4 Å². The second kappa shape index (κ2) is 7.05. The maximum atomic E-state index is 12.6. The van der Waals surface area contributed by atoms with Crippen LogP contribution in [0.5, 0.6) is 5.75 Å². The molecule has 0 aliphatic carbocycles. The van der Waals surface area contributed by atoms with Gasteiger partial charge in [0.25, 0.3) is 0 Å². The lowest BCUT2D eigenvalue weighted by Gasteiger charge is -2.17. The lowest BCUT2D eigenvalue weighted by Crippen LogP contribution is -2.33. The highest BCUT2D eigenvalue weighted by Crippen LogP contribution is 2.27. The molecular weight excluding hydrogens is 372 g/mol. The number of rotatable bonds is 4. The summed E-state index contributed by atoms with van der Waals surface area (Å²) in [7, 11) is 1.58. The third-order valence-electron chi connectivity index (χ3n) is 4.02. The SMILES string of the molecule is COc1ccc(NC(=O)C2CCN(c3ccc(Br)cc3)C2=O)cc1. The Balaban J connectivity index is 1.67. The van der Waals surface area contributed by atoms with Crippen molar-refractivity contribution in [1.29, 1.82) is 0 Å². The Hall–Kier alpha value is -2.34. The molecule has 1 unspecified atom stereocenters. The van der Waals surface area contributed by atoms with Crippen LogP contribution in [0.4, 0.5) is 11.4 Å². The molecule has 0 spiro atoms. The van der Waals surface area contributed by atoms with Gasteiger partial charge in [-0.05, 0) is 55.0 Å². The first kappa shape index (κ1) is 16.5. The number of benzene rings is 2. The van der Waals surface area contributed by atoms with Gasteiger partial charge < -0.3 is 15.0 Å². The number of carbonyl (C=O) groups is 2. The lowest BCUT2D eigenvalue weighted by atomic mass is 10.1. The second-order valence-electron chi connectivity index (χ2n) is 5.53. The van der Waals surface area contributed by atoms with Crippen LogP contribution in [0.1, 0.15) is 6.42 Å². The summed E-state index contributed by atoms with van der Waals surface area (Å²) in [5, 5.41) is 2.80. The summed E-state index contributed by atoms with van der Waals surface area (Å²) in [5.74, 6) is -0.379. The molecule has 1 saturated heterocycles. The van der Waals surface area contributed by atoms with Gasteiger partial charge in [0.05, 0.1) is 7.11 Å². The molecule has 2 aromatic carbocycles. The van der Waals surface area contributed by atoms with E-state index in [-0.39, 0.29) is 11.8 Å². The molecule has 3 rings (SSSR count). The van der Waals surface area contributed by atoms with Crippen molar-refractivity contribution in [3.05, 3.63) is 53.0 Å². The number of methoxy groups -OCH3 is 1. The highest BCUT2D eigenvalue weighted by atomic mass is 79.9. The van der Waals surface area contributed by atoms with Gasteiger partial charge in [-0.25, -0.2) is 0 Å². The van der Waals surface area contributed by atoms with E-state index in [1.807, 2.05) is 24.3 Å². The van der Waals surface area contributed by atoms with Gasteiger partial charge >= 0.3 is 0 Å². The summed E-state index contributed by atoms with van der Waals surface area (Å²) in [5.41, 5.74) is 1.46. The van der Waals surface area contributed by atoms with Crippen LogP contribution in [0.25, 0.3) is 0 Å². The van der Waals surface area contributed by atoms with E-state index in [1.54, 1.807) is 36.3 Å². The minimum Gasteiger partial charge on any atom is -0.497 e. The molecule has 6 heteroatoms. The van der Waals surface area contributed by atoms with Crippen LogP contribution < -0.4 is 15.0 Å². The fourth-order valence-electron chi connectivity index (χ4n) is 2.70. The van der Waals surface area contributed by atoms with Crippen molar-refractivity contribution in [2.75, 3.05) is 23.9 Å². The topological polar surface area (TPSA) is 58.6 Å². The van der Waals surface area contributed by atoms with Gasteiger partial charge in [0, 0.05) is 22.4 Å². The molecule has 0 aromatic heterocycles. The van der Waals surface area contributed by atoms with E-state index >= 15 is 0 Å². The molecule has 1 heterocycles. The summed E-state index contributed by atoms with van der Waals surface area (Å²) >= 11 is 3.38.